The summed E-state index contributed by atoms with van der Waals surface area (Å²) in [6.45, 7) is 0. The Morgan fingerprint density at radius 2 is 2.00 bits per heavy atom. The minimum absolute atomic E-state index is 0.0205. The molecule has 0 unspecified atom stereocenters. The third kappa shape index (κ3) is 2.57. The lowest BCUT2D eigenvalue weighted by Gasteiger charge is -2.21. The van der Waals surface area contributed by atoms with Gasteiger partial charge in [0.25, 0.3) is 5.79 Å². The summed E-state index contributed by atoms with van der Waals surface area (Å²) >= 11 is 1.60. The first-order valence-corrected chi connectivity index (χ1v) is 8.50. The molecule has 22 heavy (non-hydrogen) atoms. The second kappa shape index (κ2) is 5.32. The van der Waals surface area contributed by atoms with Crippen molar-refractivity contribution >= 4 is 22.9 Å². The van der Waals surface area contributed by atoms with Crippen LogP contribution in [-0.4, -0.2) is 11.7 Å². The third-order valence-corrected chi connectivity index (χ3v) is 4.86. The number of thiophene rings is 1. The molecular weight excluding hydrogens is 298 g/mol. The minimum atomic E-state index is -0.457. The number of carbonyl (C=O) groups is 1. The van der Waals surface area contributed by atoms with E-state index in [1.807, 2.05) is 35.0 Å². The first-order chi connectivity index (χ1) is 10.7. The van der Waals surface area contributed by atoms with E-state index < -0.39 is 5.79 Å². The second-order valence-electron chi connectivity index (χ2n) is 5.84. The molecular formula is C17H17NO3S. The van der Waals surface area contributed by atoms with Crippen LogP contribution in [0.3, 0.4) is 0 Å². The molecule has 5 heteroatoms. The van der Waals surface area contributed by atoms with Crippen molar-refractivity contribution in [2.24, 2.45) is 0 Å². The number of carbonyl (C=O) groups excluding carboxylic acids is 1. The molecule has 0 atom stereocenters. The number of benzene rings is 1. The molecule has 1 saturated carbocycles. The van der Waals surface area contributed by atoms with Crippen molar-refractivity contribution in [3.63, 3.8) is 0 Å². The van der Waals surface area contributed by atoms with Crippen molar-refractivity contribution in [1.82, 2.24) is 0 Å². The largest absolute Gasteiger partial charge is 0.448 e. The lowest BCUT2D eigenvalue weighted by molar-refractivity contribution is -0.115. The van der Waals surface area contributed by atoms with Crippen LogP contribution in [0.25, 0.3) is 0 Å². The Kier molecular flexibility index (Phi) is 3.30. The predicted octanol–water partition coefficient (Wildman–Crippen LogP) is 3.97. The van der Waals surface area contributed by atoms with E-state index in [2.05, 4.69) is 5.32 Å². The van der Waals surface area contributed by atoms with E-state index in [1.165, 1.54) is 0 Å². The monoisotopic (exact) mass is 315 g/mol. The van der Waals surface area contributed by atoms with Crippen molar-refractivity contribution in [2.45, 2.75) is 37.9 Å². The molecule has 1 spiro atoms. The molecule has 0 saturated heterocycles. The van der Waals surface area contributed by atoms with Crippen LogP contribution in [0.5, 0.6) is 11.5 Å². The smallest absolute Gasteiger partial charge is 0.251 e. The van der Waals surface area contributed by atoms with Crippen LogP contribution in [-0.2, 0) is 11.2 Å². The first kappa shape index (κ1) is 13.6. The van der Waals surface area contributed by atoms with Crippen LogP contribution >= 0.6 is 11.3 Å². The maximum atomic E-state index is 12.1. The van der Waals surface area contributed by atoms with Gasteiger partial charge in [-0.1, -0.05) is 0 Å². The van der Waals surface area contributed by atoms with Crippen LogP contribution in [0, 0.1) is 0 Å². The van der Waals surface area contributed by atoms with Crippen molar-refractivity contribution in [1.29, 1.82) is 0 Å². The number of amides is 1. The molecule has 4 rings (SSSR count). The first-order valence-electron chi connectivity index (χ1n) is 7.55. The van der Waals surface area contributed by atoms with Crippen LogP contribution < -0.4 is 14.8 Å². The van der Waals surface area contributed by atoms with Gasteiger partial charge in [-0.05, 0) is 47.4 Å². The van der Waals surface area contributed by atoms with Crippen LogP contribution in [0.4, 0.5) is 5.69 Å². The highest BCUT2D eigenvalue weighted by molar-refractivity contribution is 7.08. The molecule has 0 radical (unpaired) electrons. The van der Waals surface area contributed by atoms with Gasteiger partial charge < -0.3 is 14.8 Å². The average Bonchev–Trinajstić information content (AvgIpc) is 3.20. The van der Waals surface area contributed by atoms with Gasteiger partial charge in [0.15, 0.2) is 11.5 Å². The predicted molar refractivity (Wildman–Crippen MR) is 85.5 cm³/mol. The Bertz CT molecular complexity index is 690. The maximum absolute atomic E-state index is 12.1. The number of hydrogen-bond donors (Lipinski definition) is 1. The molecule has 4 nitrogen and oxygen atoms in total. The zero-order valence-electron chi connectivity index (χ0n) is 12.1. The fourth-order valence-electron chi connectivity index (χ4n) is 3.07. The van der Waals surface area contributed by atoms with Gasteiger partial charge in [-0.15, -0.1) is 0 Å². The van der Waals surface area contributed by atoms with Gasteiger partial charge in [0.2, 0.25) is 5.91 Å². The number of hydrogen-bond acceptors (Lipinski definition) is 4. The Labute approximate surface area is 133 Å². The highest BCUT2D eigenvalue weighted by Crippen LogP contribution is 2.47. The van der Waals surface area contributed by atoms with Crippen LogP contribution in [0.15, 0.2) is 35.0 Å². The fourth-order valence-corrected chi connectivity index (χ4v) is 3.74. The van der Waals surface area contributed by atoms with E-state index in [0.717, 1.165) is 48.4 Å². The molecule has 1 amide bonds. The lowest BCUT2D eigenvalue weighted by Crippen LogP contribution is -2.34. The van der Waals surface area contributed by atoms with Crippen molar-refractivity contribution < 1.29 is 14.3 Å². The molecule has 1 aromatic heterocycles. The summed E-state index contributed by atoms with van der Waals surface area (Å²) in [5.74, 6) is 1.03. The number of anilines is 1. The highest BCUT2D eigenvalue weighted by Gasteiger charge is 2.44. The Hall–Kier alpha value is -2.01. The summed E-state index contributed by atoms with van der Waals surface area (Å²) in [6, 6.07) is 7.56. The normalized spacial score (nSPS) is 17.8. The average molecular weight is 315 g/mol. The van der Waals surface area contributed by atoms with Crippen molar-refractivity contribution in [2.75, 3.05) is 5.32 Å². The summed E-state index contributed by atoms with van der Waals surface area (Å²) in [5, 5.41) is 6.88. The van der Waals surface area contributed by atoms with E-state index >= 15 is 0 Å². The Balaban J connectivity index is 1.45. The molecule has 2 heterocycles. The van der Waals surface area contributed by atoms with E-state index in [4.69, 9.17) is 9.47 Å². The van der Waals surface area contributed by atoms with Gasteiger partial charge >= 0.3 is 0 Å². The standard InChI is InChI=1S/C17H17NO3S/c19-16(9-12-5-8-22-11-12)18-13-3-4-14-15(10-13)21-17(20-14)6-1-2-7-17/h3-5,8,10-11H,1-2,6-7,9H2,(H,18,19). The zero-order chi connectivity index (χ0) is 15.0. The number of fused-ring (bicyclic) bond motifs is 1. The molecule has 2 aromatic rings. The third-order valence-electron chi connectivity index (χ3n) is 4.13. The summed E-state index contributed by atoms with van der Waals surface area (Å²) in [5.41, 5.74) is 1.78. The van der Waals surface area contributed by atoms with Crippen LogP contribution in [0.1, 0.15) is 31.2 Å². The molecule has 1 aliphatic heterocycles. The summed E-state index contributed by atoms with van der Waals surface area (Å²) in [7, 11) is 0. The van der Waals surface area contributed by atoms with Gasteiger partial charge in [0.1, 0.15) is 0 Å². The fraction of sp³-hybridized carbons (Fsp3) is 0.353. The Morgan fingerprint density at radius 1 is 1.18 bits per heavy atom. The Morgan fingerprint density at radius 3 is 2.77 bits per heavy atom. The van der Waals surface area contributed by atoms with Gasteiger partial charge in [0, 0.05) is 24.6 Å². The van der Waals surface area contributed by atoms with E-state index in [1.54, 1.807) is 11.3 Å². The van der Waals surface area contributed by atoms with Crippen molar-refractivity contribution in [3.8, 4) is 11.5 Å². The van der Waals surface area contributed by atoms with Gasteiger partial charge in [-0.25, -0.2) is 0 Å². The van der Waals surface area contributed by atoms with Gasteiger partial charge in [-0.2, -0.15) is 11.3 Å². The summed E-state index contributed by atoms with van der Waals surface area (Å²) < 4.78 is 12.0. The van der Waals surface area contributed by atoms with E-state index in [0.29, 0.717) is 6.42 Å². The molecule has 1 aliphatic carbocycles. The van der Waals surface area contributed by atoms with E-state index in [-0.39, 0.29) is 5.91 Å². The number of ether oxygens (including phenoxy) is 2. The topological polar surface area (TPSA) is 47.6 Å². The summed E-state index contributed by atoms with van der Waals surface area (Å²) in [4.78, 5) is 12.1. The number of rotatable bonds is 3. The molecule has 1 N–H and O–H groups in total. The molecule has 2 aliphatic rings. The van der Waals surface area contributed by atoms with E-state index in [9.17, 15) is 4.79 Å². The molecule has 1 aromatic carbocycles. The van der Waals surface area contributed by atoms with Gasteiger partial charge in [-0.3, -0.25) is 4.79 Å². The number of nitrogens with one attached hydrogen (secondary N) is 1. The second-order valence-corrected chi connectivity index (χ2v) is 6.62. The summed E-state index contributed by atoms with van der Waals surface area (Å²) in [6.07, 6.45) is 4.53. The molecule has 1 fully saturated rings. The molecule has 0 bridgehead atoms. The zero-order valence-corrected chi connectivity index (χ0v) is 12.9. The molecule has 114 valence electrons. The quantitative estimate of drug-likeness (QED) is 0.932. The minimum Gasteiger partial charge on any atom is -0.448 e. The maximum Gasteiger partial charge on any atom is 0.251 e. The van der Waals surface area contributed by atoms with Gasteiger partial charge in [0.05, 0.1) is 6.42 Å². The van der Waals surface area contributed by atoms with Crippen LogP contribution in [0.2, 0.25) is 0 Å². The SMILES string of the molecule is O=C(Cc1ccsc1)Nc1ccc2c(c1)OC1(CCCC1)O2. The van der Waals surface area contributed by atoms with Crippen molar-refractivity contribution in [3.05, 3.63) is 40.6 Å². The lowest BCUT2D eigenvalue weighted by atomic mass is 10.2. The highest BCUT2D eigenvalue weighted by atomic mass is 32.1.